The lowest BCUT2D eigenvalue weighted by Crippen LogP contribution is -2.50. The fourth-order valence-electron chi connectivity index (χ4n) is 4.06. The number of benzene rings is 2. The summed E-state index contributed by atoms with van der Waals surface area (Å²) in [5, 5.41) is 2.99. The highest BCUT2D eigenvalue weighted by Crippen LogP contribution is 2.24. The summed E-state index contributed by atoms with van der Waals surface area (Å²) in [7, 11) is -0.489. The van der Waals surface area contributed by atoms with Gasteiger partial charge < -0.3 is 19.7 Å². The van der Waals surface area contributed by atoms with Crippen LogP contribution in [0.4, 0.5) is 5.69 Å². The Morgan fingerprint density at radius 3 is 2.18 bits per heavy atom. The molecular weight excluding hydrogens is 506 g/mol. The topological polar surface area (TPSA) is 105 Å². The molecule has 0 saturated carbocycles. The molecule has 0 unspecified atom stereocenters. The number of rotatable bonds is 15. The van der Waals surface area contributed by atoms with E-state index in [1.807, 2.05) is 45.0 Å². The van der Waals surface area contributed by atoms with Gasteiger partial charge in [0.1, 0.15) is 17.5 Å². The molecule has 2 rings (SSSR count). The first kappa shape index (κ1) is 31.0. The largest absolute Gasteiger partial charge is 0.497 e. The molecule has 9 nitrogen and oxygen atoms in total. The molecule has 1 N–H and O–H groups in total. The van der Waals surface area contributed by atoms with Gasteiger partial charge in [-0.2, -0.15) is 0 Å². The summed E-state index contributed by atoms with van der Waals surface area (Å²) < 4.78 is 36.8. The third kappa shape index (κ3) is 8.93. The summed E-state index contributed by atoms with van der Waals surface area (Å²) in [4.78, 5) is 28.2. The number of hydrogen-bond acceptors (Lipinski definition) is 6. The summed E-state index contributed by atoms with van der Waals surface area (Å²) in [5.74, 6) is 0.825. The second-order valence-corrected chi connectivity index (χ2v) is 11.2. The maximum atomic E-state index is 13.5. The van der Waals surface area contributed by atoms with E-state index in [1.54, 1.807) is 36.3 Å². The third-order valence-electron chi connectivity index (χ3n) is 6.39. The lowest BCUT2D eigenvalue weighted by Gasteiger charge is -2.32. The molecule has 0 aliphatic rings. The smallest absolute Gasteiger partial charge is 0.243 e. The van der Waals surface area contributed by atoms with E-state index in [-0.39, 0.29) is 43.8 Å². The van der Waals surface area contributed by atoms with E-state index >= 15 is 0 Å². The maximum absolute atomic E-state index is 13.5. The van der Waals surface area contributed by atoms with Crippen LogP contribution in [0.15, 0.2) is 48.5 Å². The molecule has 2 amide bonds. The molecule has 0 radical (unpaired) electrons. The van der Waals surface area contributed by atoms with Crippen molar-refractivity contribution >= 4 is 27.5 Å². The van der Waals surface area contributed by atoms with Crippen molar-refractivity contribution < 1.29 is 27.5 Å². The van der Waals surface area contributed by atoms with Crippen LogP contribution in [-0.4, -0.2) is 64.2 Å². The van der Waals surface area contributed by atoms with E-state index < -0.39 is 16.1 Å². The molecule has 210 valence electrons. The van der Waals surface area contributed by atoms with Crippen molar-refractivity contribution in [1.82, 2.24) is 10.2 Å². The number of carbonyl (C=O) groups excluding carboxylic acids is 2. The Morgan fingerprint density at radius 2 is 1.63 bits per heavy atom. The lowest BCUT2D eigenvalue weighted by atomic mass is 10.1. The Labute approximate surface area is 227 Å². The first-order valence-corrected chi connectivity index (χ1v) is 14.7. The van der Waals surface area contributed by atoms with Crippen LogP contribution < -0.4 is 19.1 Å². The number of hydrogen-bond donors (Lipinski definition) is 1. The fourth-order valence-corrected chi connectivity index (χ4v) is 5.02. The van der Waals surface area contributed by atoms with E-state index in [1.165, 1.54) is 11.4 Å². The van der Waals surface area contributed by atoms with Crippen LogP contribution in [0, 0.1) is 0 Å². The molecule has 0 fully saturated rings. The molecule has 10 heteroatoms. The minimum atomic E-state index is -3.59. The van der Waals surface area contributed by atoms with E-state index in [2.05, 4.69) is 5.32 Å². The summed E-state index contributed by atoms with van der Waals surface area (Å²) in [6.07, 6.45) is 2.73. The Bertz CT molecular complexity index is 1150. The quantitative estimate of drug-likeness (QED) is 0.362. The van der Waals surface area contributed by atoms with Gasteiger partial charge in [-0.3, -0.25) is 13.9 Å². The molecule has 2 aromatic carbocycles. The van der Waals surface area contributed by atoms with Crippen molar-refractivity contribution in [1.29, 1.82) is 0 Å². The van der Waals surface area contributed by atoms with Gasteiger partial charge in [0.2, 0.25) is 21.8 Å². The molecule has 0 aliphatic heterocycles. The number of methoxy groups -OCH3 is 2. The van der Waals surface area contributed by atoms with Crippen LogP contribution in [-0.2, 0) is 26.2 Å². The van der Waals surface area contributed by atoms with Gasteiger partial charge in [0.05, 0.1) is 26.2 Å². The van der Waals surface area contributed by atoms with Gasteiger partial charge in [0.25, 0.3) is 0 Å². The Morgan fingerprint density at radius 1 is 0.974 bits per heavy atom. The van der Waals surface area contributed by atoms with E-state index in [9.17, 15) is 18.0 Å². The number of carbonyl (C=O) groups is 2. The van der Waals surface area contributed by atoms with E-state index in [0.29, 0.717) is 23.6 Å². The number of nitrogens with zero attached hydrogens (tertiary/aromatic N) is 2. The van der Waals surface area contributed by atoms with Gasteiger partial charge >= 0.3 is 0 Å². The molecule has 0 bridgehead atoms. The average molecular weight is 548 g/mol. The zero-order chi connectivity index (χ0) is 28.3. The predicted molar refractivity (Wildman–Crippen MR) is 150 cm³/mol. The van der Waals surface area contributed by atoms with Crippen LogP contribution in [0.25, 0.3) is 0 Å². The van der Waals surface area contributed by atoms with Crippen molar-refractivity contribution in [2.24, 2.45) is 0 Å². The normalized spacial score (nSPS) is 12.8. The van der Waals surface area contributed by atoms with Gasteiger partial charge in [-0.15, -0.1) is 0 Å². The van der Waals surface area contributed by atoms with Gasteiger partial charge in [-0.1, -0.05) is 32.0 Å². The Hall–Kier alpha value is -3.27. The third-order valence-corrected chi connectivity index (χ3v) is 7.59. The molecule has 38 heavy (non-hydrogen) atoms. The maximum Gasteiger partial charge on any atom is 0.243 e. The second-order valence-electron chi connectivity index (χ2n) is 9.25. The monoisotopic (exact) mass is 547 g/mol. The second kappa shape index (κ2) is 14.6. The van der Waals surface area contributed by atoms with Crippen molar-refractivity contribution in [3.8, 4) is 11.5 Å². The van der Waals surface area contributed by atoms with Crippen molar-refractivity contribution in [2.45, 2.75) is 65.1 Å². The molecule has 0 saturated heterocycles. The fraction of sp³-hybridized carbons (Fsp3) is 0.500. The van der Waals surface area contributed by atoms with Crippen LogP contribution in [0.1, 0.15) is 52.0 Å². The summed E-state index contributed by atoms with van der Waals surface area (Å²) in [6.45, 7) is 6.16. The van der Waals surface area contributed by atoms with Crippen LogP contribution in [0.5, 0.6) is 11.5 Å². The molecule has 2 atom stereocenters. The first-order chi connectivity index (χ1) is 18.0. The highest BCUT2D eigenvalue weighted by atomic mass is 32.2. The number of amides is 2. The van der Waals surface area contributed by atoms with Gasteiger partial charge in [-0.05, 0) is 56.0 Å². The molecule has 0 aromatic heterocycles. The van der Waals surface area contributed by atoms with Crippen molar-refractivity contribution in [3.05, 3.63) is 54.1 Å². The van der Waals surface area contributed by atoms with Gasteiger partial charge in [0, 0.05) is 31.6 Å². The number of anilines is 1. The SMILES string of the molecule is CC[C@H](C(=O)N[C@@H](C)CC)N(Cc1ccc(OC)cc1)C(=O)CCCN(c1cccc(OC)c1)S(C)(=O)=O. The molecule has 2 aromatic rings. The lowest BCUT2D eigenvalue weighted by molar-refractivity contribution is -0.141. The highest BCUT2D eigenvalue weighted by molar-refractivity contribution is 7.92. The minimum Gasteiger partial charge on any atom is -0.497 e. The Balaban J connectivity index is 2.24. The van der Waals surface area contributed by atoms with Crippen molar-refractivity contribution in [2.75, 3.05) is 31.3 Å². The van der Waals surface area contributed by atoms with Crippen LogP contribution in [0.2, 0.25) is 0 Å². The summed E-state index contributed by atoms with van der Waals surface area (Å²) in [5.41, 5.74) is 1.33. The standard InChI is InChI=1S/C28H41N3O6S/c1-7-21(3)29-28(33)26(8-2)30(20-22-14-16-24(36-4)17-15-22)27(32)13-10-18-31(38(6,34)35)23-11-9-12-25(19-23)37-5/h9,11-12,14-17,19,21,26H,7-8,10,13,18,20H2,1-6H3,(H,29,33)/t21-,26+/m0/s1. The summed E-state index contributed by atoms with van der Waals surface area (Å²) >= 11 is 0. The molecular formula is C28H41N3O6S. The van der Waals surface area contributed by atoms with Crippen LogP contribution in [0.3, 0.4) is 0 Å². The van der Waals surface area contributed by atoms with Crippen molar-refractivity contribution in [3.63, 3.8) is 0 Å². The highest BCUT2D eigenvalue weighted by Gasteiger charge is 2.29. The minimum absolute atomic E-state index is 0.0133. The predicted octanol–water partition coefficient (Wildman–Crippen LogP) is 3.97. The average Bonchev–Trinajstić information content (AvgIpc) is 2.90. The van der Waals surface area contributed by atoms with E-state index in [0.717, 1.165) is 18.2 Å². The molecule has 0 heterocycles. The van der Waals surface area contributed by atoms with Crippen LogP contribution >= 0.6 is 0 Å². The summed E-state index contributed by atoms with van der Waals surface area (Å²) in [6, 6.07) is 13.5. The zero-order valence-electron chi connectivity index (χ0n) is 23.3. The molecule has 0 spiro atoms. The number of ether oxygens (including phenoxy) is 2. The Kier molecular flexibility index (Phi) is 11.9. The number of nitrogens with one attached hydrogen (secondary N) is 1. The molecule has 0 aliphatic carbocycles. The number of sulfonamides is 1. The van der Waals surface area contributed by atoms with E-state index in [4.69, 9.17) is 9.47 Å². The first-order valence-electron chi connectivity index (χ1n) is 12.9. The zero-order valence-corrected chi connectivity index (χ0v) is 24.1. The van der Waals surface area contributed by atoms with Gasteiger partial charge in [0.15, 0.2) is 0 Å². The van der Waals surface area contributed by atoms with Gasteiger partial charge in [-0.25, -0.2) is 8.42 Å².